The van der Waals surface area contributed by atoms with Crippen LogP contribution in [-0.2, 0) is 44.8 Å². The van der Waals surface area contributed by atoms with E-state index in [0.29, 0.717) is 30.2 Å². The van der Waals surface area contributed by atoms with Gasteiger partial charge in [-0.2, -0.15) is 0 Å². The Hall–Kier alpha value is -5.50. The molecule has 15 N–H and O–H groups in total. The van der Waals surface area contributed by atoms with E-state index in [0.717, 1.165) is 48.8 Å². The lowest BCUT2D eigenvalue weighted by Crippen LogP contribution is -2.64. The second-order valence-electron chi connectivity index (χ2n) is 21.1. The number of rotatable bonds is 20. The number of unbranched alkanes of at least 4 members (excludes halogenated alkanes) is 7. The fourth-order valence-corrected chi connectivity index (χ4v) is 9.67. The predicted octanol–water partition coefficient (Wildman–Crippen LogP) is -2.59. The summed E-state index contributed by atoms with van der Waals surface area (Å²) < 4.78 is 0. The molecule has 0 spiro atoms. The number of nitrogens with zero attached hydrogens (tertiary/aromatic N) is 2. The number of amides is 8. The fourth-order valence-electron chi connectivity index (χ4n) is 9.67. The molecule has 1 aromatic carbocycles. The molecule has 1 aromatic rings. The summed E-state index contributed by atoms with van der Waals surface area (Å²) in [6, 6.07) is -6.09. The van der Waals surface area contributed by atoms with Gasteiger partial charge in [0.05, 0.1) is 36.9 Å². The molecule has 15 atom stereocenters. The third-order valence-corrected chi connectivity index (χ3v) is 14.6. The van der Waals surface area contributed by atoms with E-state index < -0.39 is 171 Å². The van der Waals surface area contributed by atoms with E-state index in [-0.39, 0.29) is 12.2 Å². The van der Waals surface area contributed by atoms with Gasteiger partial charge in [0.1, 0.15) is 48.1 Å². The number of phenolic OH excluding ortho intramolecular Hbond substituents is 1. The van der Waals surface area contributed by atoms with Crippen LogP contribution in [0.1, 0.15) is 124 Å². The summed E-state index contributed by atoms with van der Waals surface area (Å²) in [5.41, 5.74) is 5.68. The van der Waals surface area contributed by atoms with Crippen LogP contribution in [0.25, 0.3) is 0 Å². The van der Waals surface area contributed by atoms with Gasteiger partial charge in [-0.1, -0.05) is 91.2 Å². The van der Waals surface area contributed by atoms with Crippen molar-refractivity contribution in [1.82, 2.24) is 36.4 Å². The SMILES string of the molecule is CC(C)C(C)CCCCCCCCCCC(=O)N[C@H]1C[C@@H](O)[C@@H](O)NC(=O)[C@H]2[C@H](O)[C@H](C)CN2C(=O)[C@H]([C@H](O)CC(N)=O)NC(=O)[C@H]([C@H](O)Cc2ccc(O)cc2)NC(=O)C2C[C@@H](O)CN2C(=O)[C@@H]([C@H](C)O)NC1=O. The number of nitrogens with two attached hydrogens (primary N) is 1. The van der Waals surface area contributed by atoms with Crippen LogP contribution in [0.5, 0.6) is 5.75 Å². The third-order valence-electron chi connectivity index (χ3n) is 14.6. The average molecular weight is 1060 g/mol. The van der Waals surface area contributed by atoms with Gasteiger partial charge in [-0.05, 0) is 42.9 Å². The lowest BCUT2D eigenvalue weighted by molar-refractivity contribution is -0.148. The molecule has 24 heteroatoms. The van der Waals surface area contributed by atoms with Crippen molar-refractivity contribution in [2.75, 3.05) is 13.1 Å². The molecule has 4 rings (SSSR count). The van der Waals surface area contributed by atoms with E-state index >= 15 is 0 Å². The summed E-state index contributed by atoms with van der Waals surface area (Å²) in [5.74, 6) is -8.84. The maximum absolute atomic E-state index is 14.5. The second kappa shape index (κ2) is 29.1. The van der Waals surface area contributed by atoms with Gasteiger partial charge >= 0.3 is 0 Å². The Kier molecular flexibility index (Phi) is 24.1. The molecule has 422 valence electrons. The Morgan fingerprint density at radius 1 is 0.693 bits per heavy atom. The normalized spacial score (nSPS) is 29.2. The molecule has 75 heavy (non-hydrogen) atoms. The van der Waals surface area contributed by atoms with Crippen molar-refractivity contribution in [3.63, 3.8) is 0 Å². The van der Waals surface area contributed by atoms with Crippen molar-refractivity contribution in [2.24, 2.45) is 23.5 Å². The molecule has 0 saturated carbocycles. The van der Waals surface area contributed by atoms with Crippen molar-refractivity contribution in [3.8, 4) is 5.75 Å². The summed E-state index contributed by atoms with van der Waals surface area (Å²) in [4.78, 5) is 113. The van der Waals surface area contributed by atoms with Crippen LogP contribution < -0.4 is 32.3 Å². The smallest absolute Gasteiger partial charge is 0.248 e. The number of phenols is 1. The quantitative estimate of drug-likeness (QED) is 0.0596. The minimum Gasteiger partial charge on any atom is -0.508 e. The Labute approximate surface area is 437 Å². The zero-order chi connectivity index (χ0) is 55.8. The molecule has 3 fully saturated rings. The predicted molar refractivity (Wildman–Crippen MR) is 269 cm³/mol. The number of hydrogen-bond acceptors (Lipinski definition) is 16. The van der Waals surface area contributed by atoms with E-state index in [4.69, 9.17) is 5.73 Å². The van der Waals surface area contributed by atoms with Gasteiger partial charge < -0.3 is 83.0 Å². The largest absolute Gasteiger partial charge is 0.508 e. The van der Waals surface area contributed by atoms with Crippen LogP contribution in [0.3, 0.4) is 0 Å². The number of aliphatic hydroxyl groups excluding tert-OH is 7. The van der Waals surface area contributed by atoms with E-state index in [2.05, 4.69) is 47.4 Å². The van der Waals surface area contributed by atoms with Crippen LogP contribution >= 0.6 is 0 Å². The molecule has 3 aliphatic heterocycles. The highest BCUT2D eigenvalue weighted by atomic mass is 16.3. The van der Waals surface area contributed by atoms with E-state index in [1.54, 1.807) is 0 Å². The number of hydrogen-bond donors (Lipinski definition) is 14. The summed E-state index contributed by atoms with van der Waals surface area (Å²) >= 11 is 0. The Morgan fingerprint density at radius 3 is 1.87 bits per heavy atom. The van der Waals surface area contributed by atoms with Crippen LogP contribution in [0.2, 0.25) is 0 Å². The van der Waals surface area contributed by atoms with Crippen molar-refractivity contribution in [1.29, 1.82) is 0 Å². The Balaban J connectivity index is 1.68. The van der Waals surface area contributed by atoms with Crippen molar-refractivity contribution < 1.29 is 79.2 Å². The molecule has 24 nitrogen and oxygen atoms in total. The molecule has 0 aliphatic carbocycles. The van der Waals surface area contributed by atoms with Crippen LogP contribution in [0.4, 0.5) is 0 Å². The standard InChI is InChI=1S/C51H82N8O16/c1-26(2)27(3)14-12-10-8-6-7-9-11-13-15-39(67)53-33-22-37(65)47(71)57-49(73)43-44(68)28(4)24-59(43)51(75)42(36(64)23-38(52)66)56-48(72)41(35(63)20-30-16-18-31(61)19-17-30)55-46(70)34-21-32(62)25-58(34)50(74)40(29(5)60)54-45(33)69/h16-19,26-29,32-37,40-44,47,60-65,68,71H,6-15,20-25H2,1-5H3,(H2,52,66)(H,53,67)(H,54,69)(H,55,70)(H,56,72)(H,57,73)/t27?,28-,29+,32-,33+,34?,35-,36-,37-,40-,41+,42+,43-,44-,47-/m1/s1. The zero-order valence-electron chi connectivity index (χ0n) is 43.7. The zero-order valence-corrected chi connectivity index (χ0v) is 43.7. The molecule has 0 bridgehead atoms. The van der Waals surface area contributed by atoms with Crippen LogP contribution in [0, 0.1) is 17.8 Å². The number of benzene rings is 1. The monoisotopic (exact) mass is 1060 g/mol. The maximum Gasteiger partial charge on any atom is 0.248 e. The first-order valence-electron chi connectivity index (χ1n) is 26.3. The average Bonchev–Trinajstić information content (AvgIpc) is 3.88. The highest BCUT2D eigenvalue weighted by Crippen LogP contribution is 2.27. The van der Waals surface area contributed by atoms with Crippen molar-refractivity contribution >= 4 is 47.3 Å². The third kappa shape index (κ3) is 18.1. The minimum atomic E-state index is -2.26. The van der Waals surface area contributed by atoms with Gasteiger partial charge in [0.25, 0.3) is 0 Å². The molecular formula is C51H82N8O16. The van der Waals surface area contributed by atoms with Crippen LogP contribution in [0.15, 0.2) is 24.3 Å². The first-order valence-corrected chi connectivity index (χ1v) is 26.3. The van der Waals surface area contributed by atoms with Gasteiger partial charge in [0.15, 0.2) is 6.23 Å². The molecular weight excluding hydrogens is 981 g/mol. The summed E-state index contributed by atoms with van der Waals surface area (Å²) in [6.07, 6.45) is -7.26. The molecule has 0 radical (unpaired) electrons. The number of carbonyl (C=O) groups is 8. The van der Waals surface area contributed by atoms with Gasteiger partial charge in [-0.25, -0.2) is 0 Å². The summed E-state index contributed by atoms with van der Waals surface area (Å²) in [6.45, 7) is 8.33. The summed E-state index contributed by atoms with van der Waals surface area (Å²) in [5, 5.41) is 99.9. The van der Waals surface area contributed by atoms with Crippen molar-refractivity contribution in [3.05, 3.63) is 29.8 Å². The maximum atomic E-state index is 14.5. The van der Waals surface area contributed by atoms with E-state index in [9.17, 15) is 79.2 Å². The molecule has 2 unspecified atom stereocenters. The Bertz CT molecular complexity index is 2100. The van der Waals surface area contributed by atoms with E-state index in [1.165, 1.54) is 44.0 Å². The lowest BCUT2D eigenvalue weighted by atomic mass is 9.92. The first-order chi connectivity index (χ1) is 35.3. The number of nitrogens with one attached hydrogen (secondary N) is 5. The van der Waals surface area contributed by atoms with Crippen LogP contribution in [-0.4, -0.2) is 190 Å². The van der Waals surface area contributed by atoms with E-state index in [1.807, 2.05) is 0 Å². The number of aromatic hydroxyl groups is 1. The first kappa shape index (κ1) is 62.0. The van der Waals surface area contributed by atoms with Gasteiger partial charge in [0.2, 0.25) is 47.3 Å². The molecule has 3 aliphatic rings. The minimum absolute atomic E-state index is 0.0633. The second-order valence-corrected chi connectivity index (χ2v) is 21.1. The lowest BCUT2D eigenvalue weighted by Gasteiger charge is -2.34. The van der Waals surface area contributed by atoms with Gasteiger partial charge in [-0.3, -0.25) is 38.4 Å². The van der Waals surface area contributed by atoms with Gasteiger partial charge in [0, 0.05) is 44.7 Å². The van der Waals surface area contributed by atoms with Gasteiger partial charge in [-0.15, -0.1) is 0 Å². The molecule has 3 heterocycles. The molecule has 3 saturated heterocycles. The Morgan fingerprint density at radius 2 is 1.27 bits per heavy atom. The number of aliphatic hydroxyl groups is 7. The fraction of sp³-hybridized carbons (Fsp3) is 0.725. The number of carbonyl (C=O) groups excluding carboxylic acids is 8. The van der Waals surface area contributed by atoms with Crippen molar-refractivity contribution in [2.45, 2.75) is 204 Å². The molecule has 0 aromatic heterocycles. The number of fused-ring (bicyclic) bond motifs is 2. The highest BCUT2D eigenvalue weighted by Gasteiger charge is 2.50. The topological polar surface area (TPSA) is 391 Å². The number of primary amides is 1. The molecule has 8 amide bonds. The summed E-state index contributed by atoms with van der Waals surface area (Å²) in [7, 11) is 0. The highest BCUT2D eigenvalue weighted by molar-refractivity contribution is 5.98.